The molecule has 10 heteroatoms. The van der Waals surface area contributed by atoms with Crippen LogP contribution in [0.5, 0.6) is 5.75 Å². The lowest BCUT2D eigenvalue weighted by Gasteiger charge is -2.34. The van der Waals surface area contributed by atoms with E-state index in [2.05, 4.69) is 10.3 Å². The number of para-hydroxylation sites is 2. The fraction of sp³-hybridized carbons (Fsp3) is 0.211. The average molecular weight is 414 g/mol. The molecule has 2 aromatic carbocycles. The minimum Gasteiger partial charge on any atom is -0.484 e. The molecule has 29 heavy (non-hydrogen) atoms. The normalized spacial score (nSPS) is 16.0. The number of carbonyl (C=O) groups is 1. The number of fused-ring (bicyclic) bond motifs is 1. The van der Waals surface area contributed by atoms with Gasteiger partial charge in [-0.15, -0.1) is 5.10 Å². The highest BCUT2D eigenvalue weighted by Gasteiger charge is 2.39. The van der Waals surface area contributed by atoms with Crippen molar-refractivity contribution in [2.45, 2.75) is 19.3 Å². The van der Waals surface area contributed by atoms with Gasteiger partial charge in [-0.1, -0.05) is 47.7 Å². The van der Waals surface area contributed by atoms with Crippen LogP contribution in [0.15, 0.2) is 67.0 Å². The van der Waals surface area contributed by atoms with Crippen molar-refractivity contribution >= 4 is 21.0 Å². The van der Waals surface area contributed by atoms with Gasteiger partial charge in [0.25, 0.3) is 0 Å². The molecule has 0 bridgehead atoms. The first kappa shape index (κ1) is 18.9. The Labute approximate surface area is 167 Å². The molecular formula is C19H18N4O5S. The van der Waals surface area contributed by atoms with Crippen LogP contribution < -0.4 is 9.04 Å². The zero-order valence-electron chi connectivity index (χ0n) is 15.3. The number of ether oxygens (including phenoxy) is 2. The van der Waals surface area contributed by atoms with Crippen LogP contribution in [0.2, 0.25) is 0 Å². The summed E-state index contributed by atoms with van der Waals surface area (Å²) in [7, 11) is -4.41. The van der Waals surface area contributed by atoms with Crippen molar-refractivity contribution in [3.8, 4) is 5.75 Å². The van der Waals surface area contributed by atoms with Crippen molar-refractivity contribution < 1.29 is 22.7 Å². The number of sulfonamides is 1. The highest BCUT2D eigenvalue weighted by Crippen LogP contribution is 2.35. The molecular weight excluding hydrogens is 396 g/mol. The fourth-order valence-corrected chi connectivity index (χ4v) is 4.17. The van der Waals surface area contributed by atoms with E-state index in [1.165, 1.54) is 10.9 Å². The van der Waals surface area contributed by atoms with E-state index in [-0.39, 0.29) is 19.7 Å². The van der Waals surface area contributed by atoms with Crippen molar-refractivity contribution in [1.29, 1.82) is 0 Å². The summed E-state index contributed by atoms with van der Waals surface area (Å²) in [6.45, 7) is 0.0896. The average Bonchev–Trinajstić information content (AvgIpc) is 3.25. The molecule has 4 rings (SSSR count). The molecule has 1 aliphatic rings. The summed E-state index contributed by atoms with van der Waals surface area (Å²) in [4.78, 5) is 12.5. The molecule has 0 aliphatic carbocycles. The molecule has 1 aliphatic heterocycles. The predicted octanol–water partition coefficient (Wildman–Crippen LogP) is 2.21. The lowest BCUT2D eigenvalue weighted by atomic mass is 10.2. The van der Waals surface area contributed by atoms with E-state index in [1.54, 1.807) is 54.7 Å². The lowest BCUT2D eigenvalue weighted by Crippen LogP contribution is -2.47. The second kappa shape index (κ2) is 7.92. The molecule has 1 aromatic heterocycles. The summed E-state index contributed by atoms with van der Waals surface area (Å²) < 4.78 is 39.5. The number of carbonyl (C=O) groups excluding carboxylic acids is 1. The lowest BCUT2D eigenvalue weighted by molar-refractivity contribution is 0.163. The molecule has 2 heterocycles. The number of nitrogens with zero attached hydrogens (tertiary/aromatic N) is 4. The molecule has 1 atom stereocenters. The third-order valence-electron chi connectivity index (χ3n) is 4.36. The van der Waals surface area contributed by atoms with Crippen LogP contribution >= 0.6 is 0 Å². The summed E-state index contributed by atoms with van der Waals surface area (Å²) in [5.74, 6) is 0.364. The maximum absolute atomic E-state index is 13.0. The highest BCUT2D eigenvalue weighted by molar-refractivity contribution is 8.06. The van der Waals surface area contributed by atoms with Crippen molar-refractivity contribution in [3.05, 3.63) is 72.6 Å². The number of aromatic nitrogens is 3. The van der Waals surface area contributed by atoms with E-state index >= 15 is 0 Å². The Kier molecular flexibility index (Phi) is 5.17. The molecule has 0 fully saturated rings. The van der Waals surface area contributed by atoms with E-state index < -0.39 is 21.4 Å². The standard InChI is InChI=1S/C19H18N4O5S/c24-19(27-14-15-6-2-1-3-7-15)29(25,26)23-13-16(12-22-11-10-20-21-22)28-18-9-5-4-8-17(18)23/h1-11,16H,12-14H2. The number of rotatable bonds is 5. The zero-order valence-corrected chi connectivity index (χ0v) is 16.1. The summed E-state index contributed by atoms with van der Waals surface area (Å²) in [5, 5.41) is 6.30. The number of hydrogen-bond donors (Lipinski definition) is 0. The smallest absolute Gasteiger partial charge is 0.445 e. The van der Waals surface area contributed by atoms with Gasteiger partial charge in [-0.05, 0) is 17.7 Å². The SMILES string of the molecule is O=C(OCc1ccccc1)S(=O)(=O)N1CC(Cn2ccnn2)Oc2ccccc21. The van der Waals surface area contributed by atoms with Crippen LogP contribution in [-0.4, -0.2) is 41.4 Å². The Bertz CT molecular complexity index is 1090. The Balaban J connectivity index is 1.56. The van der Waals surface area contributed by atoms with E-state index in [0.717, 1.165) is 4.31 Å². The first-order chi connectivity index (χ1) is 14.0. The third-order valence-corrected chi connectivity index (χ3v) is 5.83. The van der Waals surface area contributed by atoms with Gasteiger partial charge in [0.1, 0.15) is 18.5 Å². The van der Waals surface area contributed by atoms with Crippen LogP contribution in [0.25, 0.3) is 0 Å². The fourth-order valence-electron chi connectivity index (χ4n) is 3.01. The van der Waals surface area contributed by atoms with Gasteiger partial charge in [-0.3, -0.25) is 4.31 Å². The zero-order chi connectivity index (χ0) is 20.3. The van der Waals surface area contributed by atoms with Gasteiger partial charge < -0.3 is 9.47 Å². The molecule has 9 nitrogen and oxygen atoms in total. The van der Waals surface area contributed by atoms with Gasteiger partial charge in [-0.2, -0.15) is 8.42 Å². The maximum Gasteiger partial charge on any atom is 0.445 e. The monoisotopic (exact) mass is 414 g/mol. The number of benzene rings is 2. The molecule has 3 aromatic rings. The Hall–Kier alpha value is -3.40. The van der Waals surface area contributed by atoms with E-state index in [9.17, 15) is 13.2 Å². The van der Waals surface area contributed by atoms with Crippen molar-refractivity contribution in [1.82, 2.24) is 15.0 Å². The Morgan fingerprint density at radius 2 is 1.90 bits per heavy atom. The van der Waals surface area contributed by atoms with Crippen LogP contribution in [-0.2, 0) is 27.9 Å². The summed E-state index contributed by atoms with van der Waals surface area (Å²) in [6.07, 6.45) is 2.62. The maximum atomic E-state index is 13.0. The predicted molar refractivity (Wildman–Crippen MR) is 104 cm³/mol. The number of anilines is 1. The minimum absolute atomic E-state index is 0.0559. The molecule has 150 valence electrons. The molecule has 0 amide bonds. The molecule has 1 unspecified atom stereocenters. The first-order valence-corrected chi connectivity index (χ1v) is 10.3. The van der Waals surface area contributed by atoms with Gasteiger partial charge in [0.2, 0.25) is 0 Å². The molecule has 0 N–H and O–H groups in total. The van der Waals surface area contributed by atoms with E-state index in [4.69, 9.17) is 9.47 Å². The first-order valence-electron chi connectivity index (χ1n) is 8.87. The van der Waals surface area contributed by atoms with Crippen LogP contribution in [0, 0.1) is 0 Å². The topological polar surface area (TPSA) is 104 Å². The largest absolute Gasteiger partial charge is 0.484 e. The second-order valence-corrected chi connectivity index (χ2v) is 8.12. The summed E-state index contributed by atoms with van der Waals surface area (Å²) in [6, 6.07) is 15.5. The Morgan fingerprint density at radius 1 is 1.14 bits per heavy atom. The third kappa shape index (κ3) is 4.06. The van der Waals surface area contributed by atoms with Crippen molar-refractivity contribution in [2.24, 2.45) is 0 Å². The van der Waals surface area contributed by atoms with Gasteiger partial charge in [0.05, 0.1) is 25.0 Å². The second-order valence-electron chi connectivity index (χ2n) is 6.39. The van der Waals surface area contributed by atoms with Crippen LogP contribution in [0.4, 0.5) is 10.5 Å². The number of hydrogen-bond acceptors (Lipinski definition) is 7. The van der Waals surface area contributed by atoms with E-state index in [0.29, 0.717) is 17.0 Å². The molecule has 0 spiro atoms. The summed E-state index contributed by atoms with van der Waals surface area (Å²) >= 11 is 0. The van der Waals surface area contributed by atoms with Gasteiger partial charge >= 0.3 is 15.3 Å². The minimum atomic E-state index is -4.41. The molecule has 0 saturated heterocycles. The molecule has 0 radical (unpaired) electrons. The summed E-state index contributed by atoms with van der Waals surface area (Å²) in [5.41, 5.74) is 0.987. The van der Waals surface area contributed by atoms with E-state index in [1.807, 2.05) is 6.07 Å². The van der Waals surface area contributed by atoms with Crippen molar-refractivity contribution in [2.75, 3.05) is 10.8 Å². The van der Waals surface area contributed by atoms with Crippen molar-refractivity contribution in [3.63, 3.8) is 0 Å². The Morgan fingerprint density at radius 3 is 2.66 bits per heavy atom. The molecule has 0 saturated carbocycles. The van der Waals surface area contributed by atoms with Gasteiger partial charge in [0, 0.05) is 6.20 Å². The van der Waals surface area contributed by atoms with Crippen LogP contribution in [0.1, 0.15) is 5.56 Å². The quantitative estimate of drug-likeness (QED) is 0.590. The highest BCUT2D eigenvalue weighted by atomic mass is 32.2. The van der Waals surface area contributed by atoms with Gasteiger partial charge in [0.15, 0.2) is 0 Å². The van der Waals surface area contributed by atoms with Gasteiger partial charge in [-0.25, -0.2) is 9.48 Å². The van der Waals surface area contributed by atoms with Crippen LogP contribution in [0.3, 0.4) is 0 Å².